The van der Waals surface area contributed by atoms with Gasteiger partial charge in [0.1, 0.15) is 11.9 Å². The topological polar surface area (TPSA) is 20.2 Å². The maximum atomic E-state index is 12.7. The zero-order valence-electron chi connectivity index (χ0n) is 7.22. The molecule has 1 N–H and O–H groups in total. The van der Waals surface area contributed by atoms with Gasteiger partial charge in [0.25, 0.3) is 0 Å². The average molecular weight is 245 g/mol. The summed E-state index contributed by atoms with van der Waals surface area (Å²) in [6, 6.07) is 4.17. The third-order valence-corrected chi connectivity index (χ3v) is 2.41. The van der Waals surface area contributed by atoms with Crippen LogP contribution in [0, 0.1) is 5.82 Å². The van der Waals surface area contributed by atoms with Gasteiger partial charge < -0.3 is 5.11 Å². The molecule has 0 aliphatic carbocycles. The van der Waals surface area contributed by atoms with Gasteiger partial charge in [0.2, 0.25) is 0 Å². The maximum Gasteiger partial charge on any atom is 0.124 e. The number of benzene rings is 1. The minimum absolute atomic E-state index is 0.329. The minimum atomic E-state index is -0.741. The molecule has 1 atom stereocenters. The fraction of sp³-hybridized carbons (Fsp3) is 0.200. The lowest BCUT2D eigenvalue weighted by Gasteiger charge is -2.12. The number of hydrogen-bond donors (Lipinski definition) is 1. The van der Waals surface area contributed by atoms with Crippen molar-refractivity contribution >= 4 is 15.9 Å². The van der Waals surface area contributed by atoms with Crippen molar-refractivity contribution in [3.8, 4) is 0 Å². The van der Waals surface area contributed by atoms with E-state index in [9.17, 15) is 9.50 Å². The SMILES string of the molecule is C=C(C)C(O)c1ccc(F)cc1Br. The van der Waals surface area contributed by atoms with Crippen LogP contribution >= 0.6 is 15.9 Å². The largest absolute Gasteiger partial charge is 0.384 e. The molecule has 1 unspecified atom stereocenters. The van der Waals surface area contributed by atoms with E-state index < -0.39 is 6.10 Å². The molecule has 0 aromatic heterocycles. The monoisotopic (exact) mass is 244 g/mol. The first-order valence-electron chi connectivity index (χ1n) is 3.81. The Kier molecular flexibility index (Phi) is 3.22. The standard InChI is InChI=1S/C10H10BrFO/c1-6(2)10(13)8-4-3-7(12)5-9(8)11/h3-5,10,13H,1H2,2H3. The van der Waals surface area contributed by atoms with Crippen LogP contribution in [0.4, 0.5) is 4.39 Å². The second-order valence-corrected chi connectivity index (χ2v) is 3.77. The molecule has 0 aliphatic rings. The van der Waals surface area contributed by atoms with Crippen molar-refractivity contribution < 1.29 is 9.50 Å². The van der Waals surface area contributed by atoms with Gasteiger partial charge in [-0.05, 0) is 30.2 Å². The Balaban J connectivity index is 3.08. The van der Waals surface area contributed by atoms with E-state index in [0.29, 0.717) is 15.6 Å². The number of hydrogen-bond acceptors (Lipinski definition) is 1. The number of aliphatic hydroxyl groups excluding tert-OH is 1. The third-order valence-electron chi connectivity index (χ3n) is 1.72. The Morgan fingerprint density at radius 2 is 2.23 bits per heavy atom. The predicted octanol–water partition coefficient (Wildman–Crippen LogP) is 3.20. The summed E-state index contributed by atoms with van der Waals surface area (Å²) in [5.41, 5.74) is 1.27. The molecule has 0 heterocycles. The van der Waals surface area contributed by atoms with E-state index in [-0.39, 0.29) is 5.82 Å². The number of aliphatic hydroxyl groups is 1. The Morgan fingerprint density at radius 3 is 2.69 bits per heavy atom. The molecule has 0 spiro atoms. The molecule has 0 radical (unpaired) electrons. The molecule has 0 bridgehead atoms. The quantitative estimate of drug-likeness (QED) is 0.793. The van der Waals surface area contributed by atoms with Crippen molar-refractivity contribution in [1.29, 1.82) is 0 Å². The van der Waals surface area contributed by atoms with E-state index in [4.69, 9.17) is 0 Å². The number of rotatable bonds is 2. The van der Waals surface area contributed by atoms with E-state index in [2.05, 4.69) is 22.5 Å². The first-order valence-corrected chi connectivity index (χ1v) is 4.60. The van der Waals surface area contributed by atoms with Gasteiger partial charge in [0.05, 0.1) is 0 Å². The highest BCUT2D eigenvalue weighted by Gasteiger charge is 2.11. The number of halogens is 2. The molecule has 3 heteroatoms. The summed E-state index contributed by atoms with van der Waals surface area (Å²) in [4.78, 5) is 0. The Labute approximate surface area is 85.0 Å². The highest BCUT2D eigenvalue weighted by molar-refractivity contribution is 9.10. The Bertz CT molecular complexity index is 336. The van der Waals surface area contributed by atoms with Gasteiger partial charge in [-0.2, -0.15) is 0 Å². The Hall–Kier alpha value is -0.670. The van der Waals surface area contributed by atoms with Crippen LogP contribution in [0.25, 0.3) is 0 Å². The van der Waals surface area contributed by atoms with Crippen LogP contribution in [0.1, 0.15) is 18.6 Å². The molecular weight excluding hydrogens is 235 g/mol. The van der Waals surface area contributed by atoms with Crippen LogP contribution in [0.3, 0.4) is 0 Å². The maximum absolute atomic E-state index is 12.7. The first-order chi connectivity index (χ1) is 6.02. The summed E-state index contributed by atoms with van der Waals surface area (Å²) < 4.78 is 13.2. The zero-order valence-corrected chi connectivity index (χ0v) is 8.81. The van der Waals surface area contributed by atoms with Crippen LogP contribution in [0.5, 0.6) is 0 Å². The van der Waals surface area contributed by atoms with Crippen LogP contribution in [-0.4, -0.2) is 5.11 Å². The predicted molar refractivity (Wildman–Crippen MR) is 53.9 cm³/mol. The summed E-state index contributed by atoms with van der Waals surface area (Å²) in [6.45, 7) is 5.35. The lowest BCUT2D eigenvalue weighted by molar-refractivity contribution is 0.215. The normalized spacial score (nSPS) is 12.6. The molecule has 0 saturated heterocycles. The smallest absolute Gasteiger partial charge is 0.124 e. The molecule has 1 rings (SSSR count). The molecule has 1 aromatic carbocycles. The second kappa shape index (κ2) is 4.03. The van der Waals surface area contributed by atoms with Gasteiger partial charge in [-0.15, -0.1) is 0 Å². The fourth-order valence-electron chi connectivity index (χ4n) is 0.989. The summed E-state index contributed by atoms with van der Waals surface area (Å²) in [6.07, 6.45) is -0.741. The second-order valence-electron chi connectivity index (χ2n) is 2.91. The minimum Gasteiger partial charge on any atom is -0.384 e. The van der Waals surface area contributed by atoms with E-state index in [1.807, 2.05) is 0 Å². The van der Waals surface area contributed by atoms with Crippen LogP contribution in [-0.2, 0) is 0 Å². The van der Waals surface area contributed by atoms with Crippen molar-refractivity contribution in [3.63, 3.8) is 0 Å². The van der Waals surface area contributed by atoms with Crippen molar-refractivity contribution in [2.24, 2.45) is 0 Å². The van der Waals surface area contributed by atoms with Crippen LogP contribution < -0.4 is 0 Å². The van der Waals surface area contributed by atoms with Gasteiger partial charge in [0.15, 0.2) is 0 Å². The van der Waals surface area contributed by atoms with Gasteiger partial charge >= 0.3 is 0 Å². The van der Waals surface area contributed by atoms with Gasteiger partial charge in [-0.3, -0.25) is 0 Å². The van der Waals surface area contributed by atoms with Crippen molar-refractivity contribution in [3.05, 3.63) is 46.2 Å². The molecule has 13 heavy (non-hydrogen) atoms. The third kappa shape index (κ3) is 2.39. The fourth-order valence-corrected chi connectivity index (χ4v) is 1.56. The van der Waals surface area contributed by atoms with E-state index >= 15 is 0 Å². The lowest BCUT2D eigenvalue weighted by atomic mass is 10.0. The lowest BCUT2D eigenvalue weighted by Crippen LogP contribution is -1.99. The Morgan fingerprint density at radius 1 is 1.62 bits per heavy atom. The van der Waals surface area contributed by atoms with E-state index in [0.717, 1.165) is 0 Å². The summed E-state index contributed by atoms with van der Waals surface area (Å²) in [5.74, 6) is -0.329. The molecular formula is C10H10BrFO. The van der Waals surface area contributed by atoms with E-state index in [1.54, 1.807) is 13.0 Å². The molecule has 1 nitrogen and oxygen atoms in total. The summed E-state index contributed by atoms with van der Waals surface area (Å²) in [5, 5.41) is 9.62. The van der Waals surface area contributed by atoms with Gasteiger partial charge in [-0.25, -0.2) is 4.39 Å². The van der Waals surface area contributed by atoms with Crippen molar-refractivity contribution in [2.75, 3.05) is 0 Å². The van der Waals surface area contributed by atoms with Crippen molar-refractivity contribution in [1.82, 2.24) is 0 Å². The molecule has 0 aliphatic heterocycles. The van der Waals surface area contributed by atoms with Crippen molar-refractivity contribution in [2.45, 2.75) is 13.0 Å². The molecule has 0 amide bonds. The molecule has 70 valence electrons. The van der Waals surface area contributed by atoms with Gasteiger partial charge in [-0.1, -0.05) is 28.6 Å². The highest BCUT2D eigenvalue weighted by Crippen LogP contribution is 2.27. The average Bonchev–Trinajstić information content (AvgIpc) is 2.03. The highest BCUT2D eigenvalue weighted by atomic mass is 79.9. The van der Waals surface area contributed by atoms with E-state index in [1.165, 1.54) is 12.1 Å². The zero-order chi connectivity index (χ0) is 10.0. The molecule has 0 fully saturated rings. The van der Waals surface area contributed by atoms with Crippen LogP contribution in [0.2, 0.25) is 0 Å². The summed E-state index contributed by atoms with van der Waals surface area (Å²) >= 11 is 3.17. The van der Waals surface area contributed by atoms with Crippen LogP contribution in [0.15, 0.2) is 34.8 Å². The summed E-state index contributed by atoms with van der Waals surface area (Å²) in [7, 11) is 0. The molecule has 0 saturated carbocycles. The first kappa shape index (κ1) is 10.4. The van der Waals surface area contributed by atoms with Gasteiger partial charge in [0, 0.05) is 4.47 Å². The molecule has 1 aromatic rings.